The second-order valence-electron chi connectivity index (χ2n) is 10.3. The van der Waals surface area contributed by atoms with Crippen molar-refractivity contribution in [2.75, 3.05) is 124 Å². The second-order valence-corrected chi connectivity index (χ2v) is 10.3. The zero-order valence-corrected chi connectivity index (χ0v) is 28.7. The van der Waals surface area contributed by atoms with E-state index in [1.165, 1.54) is 26.2 Å². The number of anilines is 1. The molecule has 47 heavy (non-hydrogen) atoms. The Labute approximate surface area is 281 Å². The summed E-state index contributed by atoms with van der Waals surface area (Å²) < 4.78 is 54.5. The number of ether oxygens (including phenoxy) is 10. The molecule has 0 aliphatic carbocycles. The van der Waals surface area contributed by atoms with Gasteiger partial charge in [-0.25, -0.2) is 0 Å². The highest BCUT2D eigenvalue weighted by atomic mass is 16.6. The monoisotopic (exact) mass is 673 g/mol. The van der Waals surface area contributed by atoms with Gasteiger partial charge in [-0.3, -0.25) is 9.59 Å². The van der Waals surface area contributed by atoms with E-state index in [0.29, 0.717) is 124 Å². The number of nitrogens with one attached hydrogen (secondary N) is 1. The SMILES string of the molecule is CCCCCCCC(=O)OCCOCCOCCOCCOCCOCCOCCOCCOCCOc1ccc(NC(C)=O)cc1. The maximum atomic E-state index is 11.6. The zero-order valence-electron chi connectivity index (χ0n) is 28.7. The van der Waals surface area contributed by atoms with Crippen molar-refractivity contribution in [1.82, 2.24) is 0 Å². The highest BCUT2D eigenvalue weighted by Crippen LogP contribution is 2.15. The molecule has 0 saturated carbocycles. The lowest BCUT2D eigenvalue weighted by molar-refractivity contribution is -0.145. The molecule has 13 nitrogen and oxygen atoms in total. The number of hydrogen-bond acceptors (Lipinski definition) is 12. The van der Waals surface area contributed by atoms with Crippen molar-refractivity contribution in [3.63, 3.8) is 0 Å². The molecule has 13 heteroatoms. The van der Waals surface area contributed by atoms with Crippen LogP contribution in [-0.4, -0.2) is 131 Å². The third-order valence-electron chi connectivity index (χ3n) is 6.25. The molecule has 0 aliphatic rings. The van der Waals surface area contributed by atoms with E-state index < -0.39 is 0 Å². The first-order chi connectivity index (χ1) is 23.1. The summed E-state index contributed by atoms with van der Waals surface area (Å²) in [5.74, 6) is 0.455. The number of unbranched alkanes of at least 4 members (excludes halogenated alkanes) is 4. The normalized spacial score (nSPS) is 11.1. The average Bonchev–Trinajstić information content (AvgIpc) is 3.06. The molecule has 1 N–H and O–H groups in total. The second kappa shape index (κ2) is 33.5. The van der Waals surface area contributed by atoms with Crippen molar-refractivity contribution in [1.29, 1.82) is 0 Å². The van der Waals surface area contributed by atoms with Gasteiger partial charge in [0.2, 0.25) is 5.91 Å². The number of benzene rings is 1. The molecule has 0 heterocycles. The van der Waals surface area contributed by atoms with E-state index >= 15 is 0 Å². The minimum absolute atomic E-state index is 0.109. The van der Waals surface area contributed by atoms with Crippen LogP contribution in [0, 0.1) is 0 Å². The van der Waals surface area contributed by atoms with Crippen LogP contribution in [0.4, 0.5) is 5.69 Å². The minimum Gasteiger partial charge on any atom is -0.491 e. The molecule has 1 aromatic carbocycles. The van der Waals surface area contributed by atoms with Crippen LogP contribution < -0.4 is 10.1 Å². The van der Waals surface area contributed by atoms with Gasteiger partial charge in [-0.2, -0.15) is 0 Å². The summed E-state index contributed by atoms with van der Waals surface area (Å²) in [7, 11) is 0. The first-order valence-electron chi connectivity index (χ1n) is 16.9. The van der Waals surface area contributed by atoms with Crippen LogP contribution in [0.15, 0.2) is 24.3 Å². The molecule has 0 bridgehead atoms. The van der Waals surface area contributed by atoms with Gasteiger partial charge in [-0.1, -0.05) is 32.6 Å². The number of carbonyl (C=O) groups is 2. The first-order valence-corrected chi connectivity index (χ1v) is 16.9. The third-order valence-corrected chi connectivity index (χ3v) is 6.25. The summed E-state index contributed by atoms with van der Waals surface area (Å²) in [5, 5.41) is 2.71. The lowest BCUT2D eigenvalue weighted by Gasteiger charge is -2.09. The van der Waals surface area contributed by atoms with Gasteiger partial charge in [0.25, 0.3) is 0 Å². The number of esters is 1. The number of carbonyl (C=O) groups excluding carboxylic acids is 2. The Balaban J connectivity index is 1.68. The molecule has 0 atom stereocenters. The van der Waals surface area contributed by atoms with Crippen molar-refractivity contribution in [2.24, 2.45) is 0 Å². The summed E-state index contributed by atoms with van der Waals surface area (Å²) in [6.07, 6.45) is 6.06. The van der Waals surface area contributed by atoms with Crippen molar-refractivity contribution < 1.29 is 57.0 Å². The molecule has 0 spiro atoms. The molecule has 0 fully saturated rings. The van der Waals surface area contributed by atoms with E-state index in [1.54, 1.807) is 24.3 Å². The Morgan fingerprint density at radius 1 is 0.511 bits per heavy atom. The summed E-state index contributed by atoms with van der Waals surface area (Å²) >= 11 is 0. The van der Waals surface area contributed by atoms with Crippen molar-refractivity contribution in [3.05, 3.63) is 24.3 Å². The van der Waals surface area contributed by atoms with Gasteiger partial charge in [0.05, 0.1) is 106 Å². The fourth-order valence-corrected chi connectivity index (χ4v) is 3.86. The van der Waals surface area contributed by atoms with E-state index in [-0.39, 0.29) is 18.5 Å². The topological polar surface area (TPSA) is 138 Å². The highest BCUT2D eigenvalue weighted by molar-refractivity contribution is 5.88. The molecule has 272 valence electrons. The molecular formula is C34H59NO12. The van der Waals surface area contributed by atoms with Gasteiger partial charge in [0, 0.05) is 19.0 Å². The predicted molar refractivity (Wildman–Crippen MR) is 177 cm³/mol. The Hall–Kier alpha value is -2.36. The number of amides is 1. The van der Waals surface area contributed by atoms with E-state index in [1.807, 2.05) is 0 Å². The van der Waals surface area contributed by atoms with Gasteiger partial charge < -0.3 is 52.7 Å². The van der Waals surface area contributed by atoms with Gasteiger partial charge in [0.1, 0.15) is 19.0 Å². The maximum absolute atomic E-state index is 11.6. The Morgan fingerprint density at radius 2 is 0.894 bits per heavy atom. The van der Waals surface area contributed by atoms with Crippen LogP contribution in [0.25, 0.3) is 0 Å². The summed E-state index contributed by atoms with van der Waals surface area (Å²) in [5.41, 5.74) is 0.730. The van der Waals surface area contributed by atoms with Crippen LogP contribution in [0.3, 0.4) is 0 Å². The third kappa shape index (κ3) is 30.7. The molecule has 0 radical (unpaired) electrons. The Morgan fingerprint density at radius 3 is 1.30 bits per heavy atom. The predicted octanol–water partition coefficient (Wildman–Crippen LogP) is 4.06. The van der Waals surface area contributed by atoms with Crippen LogP contribution in [0.5, 0.6) is 5.75 Å². The fraction of sp³-hybridized carbons (Fsp3) is 0.765. The maximum Gasteiger partial charge on any atom is 0.305 e. The van der Waals surface area contributed by atoms with Gasteiger partial charge in [-0.15, -0.1) is 0 Å². The Bertz CT molecular complexity index is 843. The van der Waals surface area contributed by atoms with E-state index in [2.05, 4.69) is 12.2 Å². The van der Waals surface area contributed by atoms with E-state index in [4.69, 9.17) is 47.4 Å². The summed E-state index contributed by atoms with van der Waals surface area (Å²) in [6, 6.07) is 7.17. The van der Waals surface area contributed by atoms with Crippen molar-refractivity contribution in [3.8, 4) is 5.75 Å². The van der Waals surface area contributed by atoms with E-state index in [9.17, 15) is 9.59 Å². The summed E-state index contributed by atoms with van der Waals surface area (Å²) in [6.45, 7) is 11.9. The minimum atomic E-state index is -0.150. The van der Waals surface area contributed by atoms with Crippen LogP contribution in [-0.2, 0) is 52.2 Å². The lowest BCUT2D eigenvalue weighted by Crippen LogP contribution is -2.15. The smallest absolute Gasteiger partial charge is 0.305 e. The lowest BCUT2D eigenvalue weighted by atomic mass is 10.1. The standard InChI is InChI=1S/C34H59NO12/c1-3-4-5-6-7-8-34(37)47-30-28-45-26-24-43-22-20-41-18-16-39-14-13-38-15-17-40-19-21-42-23-25-44-27-29-46-33-11-9-32(10-12-33)35-31(2)36/h9-12H,3-8,13-30H2,1-2H3,(H,35,36). The summed E-state index contributed by atoms with van der Waals surface area (Å²) in [4.78, 5) is 22.6. The molecule has 0 unspecified atom stereocenters. The fourth-order valence-electron chi connectivity index (χ4n) is 3.86. The Kier molecular flexibility index (Phi) is 30.4. The largest absolute Gasteiger partial charge is 0.491 e. The average molecular weight is 674 g/mol. The van der Waals surface area contributed by atoms with Crippen LogP contribution in [0.2, 0.25) is 0 Å². The number of rotatable bonds is 35. The van der Waals surface area contributed by atoms with Crippen LogP contribution in [0.1, 0.15) is 52.4 Å². The van der Waals surface area contributed by atoms with Gasteiger partial charge in [-0.05, 0) is 30.7 Å². The first kappa shape index (κ1) is 42.7. The van der Waals surface area contributed by atoms with E-state index in [0.717, 1.165) is 18.5 Å². The van der Waals surface area contributed by atoms with Crippen LogP contribution >= 0.6 is 0 Å². The van der Waals surface area contributed by atoms with Crippen molar-refractivity contribution >= 4 is 17.6 Å². The van der Waals surface area contributed by atoms with Gasteiger partial charge in [0.15, 0.2) is 0 Å². The molecule has 1 aromatic rings. The molecule has 0 aromatic heterocycles. The quantitative estimate of drug-likeness (QED) is 0.0822. The zero-order chi connectivity index (χ0) is 33.9. The molecule has 0 saturated heterocycles. The highest BCUT2D eigenvalue weighted by Gasteiger charge is 2.03. The molecule has 1 rings (SSSR count). The van der Waals surface area contributed by atoms with Crippen molar-refractivity contribution in [2.45, 2.75) is 52.4 Å². The van der Waals surface area contributed by atoms with Gasteiger partial charge >= 0.3 is 5.97 Å². The molecule has 0 aliphatic heterocycles. The molecule has 1 amide bonds. The number of hydrogen-bond donors (Lipinski definition) is 1. The molecular weight excluding hydrogens is 614 g/mol.